The maximum Gasteiger partial charge on any atom is 0.139 e. The number of aromatic nitrogens is 2. The van der Waals surface area contributed by atoms with E-state index in [9.17, 15) is 4.39 Å². The number of nitrogens with one attached hydrogen (secondary N) is 1. The predicted molar refractivity (Wildman–Crippen MR) is 73.2 cm³/mol. The number of anilines is 3. The summed E-state index contributed by atoms with van der Waals surface area (Å²) >= 11 is 3.29. The Balaban J connectivity index is 2.37. The zero-order valence-electron chi connectivity index (χ0n) is 9.74. The van der Waals surface area contributed by atoms with Crippen LogP contribution in [0.3, 0.4) is 0 Å². The topological polar surface area (TPSA) is 63.8 Å². The van der Waals surface area contributed by atoms with Crippen LogP contribution >= 0.6 is 15.9 Å². The van der Waals surface area contributed by atoms with Gasteiger partial charge in [0.1, 0.15) is 23.8 Å². The first-order chi connectivity index (χ1) is 8.61. The maximum atomic E-state index is 13.0. The summed E-state index contributed by atoms with van der Waals surface area (Å²) in [6.07, 6.45) is 2.11. The van der Waals surface area contributed by atoms with Crippen molar-refractivity contribution in [1.29, 1.82) is 0 Å². The highest BCUT2D eigenvalue weighted by Gasteiger charge is 2.09. The van der Waals surface area contributed by atoms with E-state index < -0.39 is 0 Å². The monoisotopic (exact) mass is 310 g/mol. The minimum Gasteiger partial charge on any atom is -0.383 e. The van der Waals surface area contributed by atoms with Crippen molar-refractivity contribution in [3.63, 3.8) is 0 Å². The van der Waals surface area contributed by atoms with Gasteiger partial charge in [-0.15, -0.1) is 0 Å². The Labute approximate surface area is 113 Å². The SMILES string of the molecule is CCc1c(N)ncnc1Nc1ccc(F)cc1Br. The Morgan fingerprint density at radius 3 is 2.83 bits per heavy atom. The smallest absolute Gasteiger partial charge is 0.139 e. The molecular formula is C12H12BrFN4. The molecule has 0 saturated carbocycles. The van der Waals surface area contributed by atoms with Crippen LogP contribution in [0.25, 0.3) is 0 Å². The van der Waals surface area contributed by atoms with Gasteiger partial charge >= 0.3 is 0 Å². The lowest BCUT2D eigenvalue weighted by Gasteiger charge is -2.12. The van der Waals surface area contributed by atoms with Gasteiger partial charge in [-0.3, -0.25) is 0 Å². The summed E-state index contributed by atoms with van der Waals surface area (Å²) in [5, 5.41) is 3.12. The van der Waals surface area contributed by atoms with E-state index in [-0.39, 0.29) is 5.82 Å². The van der Waals surface area contributed by atoms with E-state index in [1.165, 1.54) is 18.5 Å². The van der Waals surface area contributed by atoms with Crippen molar-refractivity contribution in [3.8, 4) is 0 Å². The molecule has 0 aliphatic rings. The first-order valence-corrected chi connectivity index (χ1v) is 6.22. The molecule has 0 spiro atoms. The van der Waals surface area contributed by atoms with E-state index in [0.717, 1.165) is 11.3 Å². The van der Waals surface area contributed by atoms with Crippen molar-refractivity contribution in [2.24, 2.45) is 0 Å². The molecule has 2 aromatic rings. The Kier molecular flexibility index (Phi) is 3.76. The van der Waals surface area contributed by atoms with Gasteiger partial charge in [0.05, 0.1) is 5.69 Å². The van der Waals surface area contributed by atoms with E-state index >= 15 is 0 Å². The fraction of sp³-hybridized carbons (Fsp3) is 0.167. The Morgan fingerprint density at radius 2 is 2.17 bits per heavy atom. The average molecular weight is 311 g/mol. The van der Waals surface area contributed by atoms with Crippen LogP contribution in [0.4, 0.5) is 21.7 Å². The first-order valence-electron chi connectivity index (χ1n) is 5.43. The number of halogens is 2. The minimum absolute atomic E-state index is 0.301. The first kappa shape index (κ1) is 12.8. The second-order valence-corrected chi connectivity index (χ2v) is 4.54. The predicted octanol–water partition coefficient (Wildman–Crippen LogP) is 3.27. The number of nitrogens with zero attached hydrogens (tertiary/aromatic N) is 2. The third-order valence-electron chi connectivity index (χ3n) is 2.52. The van der Waals surface area contributed by atoms with Crippen molar-refractivity contribution in [3.05, 3.63) is 40.4 Å². The van der Waals surface area contributed by atoms with Crippen LogP contribution in [0, 0.1) is 5.82 Å². The van der Waals surface area contributed by atoms with Gasteiger partial charge in [0.2, 0.25) is 0 Å². The lowest BCUT2D eigenvalue weighted by molar-refractivity contribution is 0.627. The molecule has 0 atom stereocenters. The second kappa shape index (κ2) is 5.30. The van der Waals surface area contributed by atoms with Crippen LogP contribution in [-0.4, -0.2) is 9.97 Å². The van der Waals surface area contributed by atoms with E-state index in [2.05, 4.69) is 31.2 Å². The van der Waals surface area contributed by atoms with Crippen LogP contribution < -0.4 is 11.1 Å². The van der Waals surface area contributed by atoms with E-state index in [4.69, 9.17) is 5.73 Å². The fourth-order valence-electron chi connectivity index (χ4n) is 1.60. The number of rotatable bonds is 3. The molecule has 0 aliphatic heterocycles. The normalized spacial score (nSPS) is 10.4. The lowest BCUT2D eigenvalue weighted by Crippen LogP contribution is -2.04. The van der Waals surface area contributed by atoms with Crippen molar-refractivity contribution in [2.45, 2.75) is 13.3 Å². The number of hydrogen-bond acceptors (Lipinski definition) is 4. The van der Waals surface area contributed by atoms with Gasteiger partial charge in [-0.2, -0.15) is 0 Å². The molecule has 3 N–H and O–H groups in total. The summed E-state index contributed by atoms with van der Waals surface area (Å²) in [5.41, 5.74) is 7.35. The van der Waals surface area contributed by atoms with Crippen LogP contribution in [-0.2, 0) is 6.42 Å². The van der Waals surface area contributed by atoms with Gasteiger partial charge in [0, 0.05) is 10.0 Å². The van der Waals surface area contributed by atoms with Crippen LogP contribution in [0.1, 0.15) is 12.5 Å². The molecule has 0 radical (unpaired) electrons. The van der Waals surface area contributed by atoms with Gasteiger partial charge < -0.3 is 11.1 Å². The van der Waals surface area contributed by atoms with Gasteiger partial charge in [-0.1, -0.05) is 6.92 Å². The Morgan fingerprint density at radius 1 is 1.39 bits per heavy atom. The highest BCUT2D eigenvalue weighted by molar-refractivity contribution is 9.10. The van der Waals surface area contributed by atoms with Crippen molar-refractivity contribution in [1.82, 2.24) is 9.97 Å². The maximum absolute atomic E-state index is 13.0. The molecule has 4 nitrogen and oxygen atoms in total. The summed E-state index contributed by atoms with van der Waals surface area (Å²) in [5.74, 6) is 0.788. The lowest BCUT2D eigenvalue weighted by atomic mass is 10.2. The number of hydrogen-bond donors (Lipinski definition) is 2. The van der Waals surface area contributed by atoms with Gasteiger partial charge in [0.15, 0.2) is 0 Å². The molecule has 94 valence electrons. The fourth-order valence-corrected chi connectivity index (χ4v) is 2.05. The molecule has 0 unspecified atom stereocenters. The summed E-state index contributed by atoms with van der Waals surface area (Å²) in [6, 6.07) is 4.40. The highest BCUT2D eigenvalue weighted by Crippen LogP contribution is 2.28. The Hall–Kier alpha value is -1.69. The van der Waals surface area contributed by atoms with E-state index in [1.54, 1.807) is 6.07 Å². The second-order valence-electron chi connectivity index (χ2n) is 3.69. The molecule has 0 aliphatic carbocycles. The summed E-state index contributed by atoms with van der Waals surface area (Å²) < 4.78 is 13.6. The summed E-state index contributed by atoms with van der Waals surface area (Å²) in [7, 11) is 0. The zero-order valence-corrected chi connectivity index (χ0v) is 11.3. The van der Waals surface area contributed by atoms with E-state index in [0.29, 0.717) is 22.5 Å². The third kappa shape index (κ3) is 2.59. The Bertz CT molecular complexity index is 574. The quantitative estimate of drug-likeness (QED) is 0.913. The highest BCUT2D eigenvalue weighted by atomic mass is 79.9. The van der Waals surface area contributed by atoms with Crippen molar-refractivity contribution < 1.29 is 4.39 Å². The standard InChI is InChI=1S/C12H12BrFN4/c1-2-8-11(15)16-6-17-12(8)18-10-4-3-7(14)5-9(10)13/h3-6H,2H2,1H3,(H3,15,16,17,18). The number of benzene rings is 1. The third-order valence-corrected chi connectivity index (χ3v) is 3.17. The van der Waals surface area contributed by atoms with Crippen molar-refractivity contribution >= 4 is 33.3 Å². The molecule has 0 fully saturated rings. The molecule has 1 heterocycles. The molecular weight excluding hydrogens is 299 g/mol. The number of nitrogen functional groups attached to an aromatic ring is 1. The minimum atomic E-state index is -0.301. The van der Waals surface area contributed by atoms with Crippen molar-refractivity contribution in [2.75, 3.05) is 11.1 Å². The molecule has 2 rings (SSSR count). The molecule has 6 heteroatoms. The summed E-state index contributed by atoms with van der Waals surface area (Å²) in [6.45, 7) is 1.97. The molecule has 1 aromatic carbocycles. The zero-order chi connectivity index (χ0) is 13.1. The van der Waals surface area contributed by atoms with Crippen LogP contribution in [0.15, 0.2) is 29.0 Å². The van der Waals surface area contributed by atoms with E-state index in [1.807, 2.05) is 6.92 Å². The van der Waals surface area contributed by atoms with Gasteiger partial charge in [0.25, 0.3) is 0 Å². The largest absolute Gasteiger partial charge is 0.383 e. The molecule has 18 heavy (non-hydrogen) atoms. The number of nitrogens with two attached hydrogens (primary N) is 1. The van der Waals surface area contributed by atoms with Crippen LogP contribution in [0.5, 0.6) is 0 Å². The molecule has 0 bridgehead atoms. The van der Waals surface area contributed by atoms with Crippen LogP contribution in [0.2, 0.25) is 0 Å². The summed E-state index contributed by atoms with van der Waals surface area (Å²) in [4.78, 5) is 8.10. The van der Waals surface area contributed by atoms with Gasteiger partial charge in [-0.05, 0) is 40.5 Å². The average Bonchev–Trinajstić information content (AvgIpc) is 2.33. The van der Waals surface area contributed by atoms with Gasteiger partial charge in [-0.25, -0.2) is 14.4 Å². The molecule has 0 saturated heterocycles. The molecule has 0 amide bonds. The molecule has 1 aromatic heterocycles.